The monoisotopic (exact) mass is 361 g/mol. The van der Waals surface area contributed by atoms with Crippen LogP contribution in [-0.2, 0) is 11.3 Å². The lowest BCUT2D eigenvalue weighted by molar-refractivity contribution is -0.119. The molecule has 0 saturated carbocycles. The summed E-state index contributed by atoms with van der Waals surface area (Å²) >= 11 is 1.18. The minimum atomic E-state index is -0.885. The van der Waals surface area contributed by atoms with Gasteiger partial charge in [0.1, 0.15) is 5.75 Å². The quantitative estimate of drug-likeness (QED) is 0.574. The maximum Gasteiger partial charge on any atom is 0.318 e. The molecular weight excluding hydrogens is 342 g/mol. The van der Waals surface area contributed by atoms with E-state index in [9.17, 15) is 9.59 Å². The second kappa shape index (κ2) is 8.34. The molecule has 0 aliphatic rings. The number of carbonyl (C=O) groups excluding carboxylic acids is 2. The highest BCUT2D eigenvalue weighted by molar-refractivity contribution is 8.00. The summed E-state index contributed by atoms with van der Waals surface area (Å²) in [7, 11) is 1.60. The van der Waals surface area contributed by atoms with E-state index in [-0.39, 0.29) is 0 Å². The Balaban J connectivity index is 2.27. The van der Waals surface area contributed by atoms with Gasteiger partial charge in [0.05, 0.1) is 12.4 Å². The van der Waals surface area contributed by atoms with E-state index >= 15 is 0 Å². The van der Waals surface area contributed by atoms with Crippen LogP contribution in [-0.4, -0.2) is 39.1 Å². The van der Waals surface area contributed by atoms with E-state index < -0.39 is 17.2 Å². The van der Waals surface area contributed by atoms with Gasteiger partial charge in [-0.25, -0.2) is 4.79 Å². The molecule has 0 saturated heterocycles. The number of aromatic nitrogens is 3. The summed E-state index contributed by atoms with van der Waals surface area (Å²) in [5.41, 5.74) is 5.83. The number of rotatable bonds is 7. The second-order valence-electron chi connectivity index (χ2n) is 5.05. The number of hydrogen-bond donors (Lipinski definition) is 2. The standard InChI is InChI=1S/C16H19N5O3S/c1-4-9-21-13(11-5-7-12(24-3)8-6-11)19-20-16(21)25-10(2)14(22)18-15(17)23/h4-8,10H,1,9H2,2-3H3,(H3,17,18,22,23)/t10-/m0/s1. The summed E-state index contributed by atoms with van der Waals surface area (Å²) < 4.78 is 6.99. The van der Waals surface area contributed by atoms with Crippen molar-refractivity contribution >= 4 is 23.7 Å². The normalized spacial score (nSPS) is 11.6. The summed E-state index contributed by atoms with van der Waals surface area (Å²) in [6.45, 7) is 5.88. The second-order valence-corrected chi connectivity index (χ2v) is 6.36. The fourth-order valence-corrected chi connectivity index (χ4v) is 2.92. The molecule has 0 fully saturated rings. The van der Waals surface area contributed by atoms with Gasteiger partial charge < -0.3 is 10.5 Å². The van der Waals surface area contributed by atoms with Crippen LogP contribution in [0.15, 0.2) is 42.1 Å². The Kier molecular flexibility index (Phi) is 6.18. The Morgan fingerprint density at radius 1 is 1.40 bits per heavy atom. The summed E-state index contributed by atoms with van der Waals surface area (Å²) in [6.07, 6.45) is 1.72. The third-order valence-electron chi connectivity index (χ3n) is 3.27. The van der Waals surface area contributed by atoms with Crippen LogP contribution in [0, 0.1) is 0 Å². The number of amides is 3. The number of methoxy groups -OCH3 is 1. The van der Waals surface area contributed by atoms with Crippen molar-refractivity contribution in [2.24, 2.45) is 5.73 Å². The minimum Gasteiger partial charge on any atom is -0.497 e. The molecule has 1 aromatic heterocycles. The predicted molar refractivity (Wildman–Crippen MR) is 95.3 cm³/mol. The molecule has 2 rings (SSSR count). The zero-order valence-electron chi connectivity index (χ0n) is 13.9. The molecule has 0 spiro atoms. The SMILES string of the molecule is C=CCn1c(S[C@@H](C)C(=O)NC(N)=O)nnc1-c1ccc(OC)cc1. The number of carbonyl (C=O) groups is 2. The van der Waals surface area contributed by atoms with Gasteiger partial charge in [-0.05, 0) is 31.2 Å². The van der Waals surface area contributed by atoms with Crippen molar-refractivity contribution < 1.29 is 14.3 Å². The maximum atomic E-state index is 11.9. The van der Waals surface area contributed by atoms with E-state index in [1.807, 2.05) is 28.8 Å². The van der Waals surface area contributed by atoms with Gasteiger partial charge in [0, 0.05) is 12.1 Å². The maximum absolute atomic E-state index is 11.9. The minimum absolute atomic E-state index is 0.473. The van der Waals surface area contributed by atoms with Gasteiger partial charge in [-0.2, -0.15) is 0 Å². The van der Waals surface area contributed by atoms with E-state index in [1.165, 1.54) is 11.8 Å². The van der Waals surface area contributed by atoms with E-state index in [1.54, 1.807) is 20.1 Å². The van der Waals surface area contributed by atoms with Gasteiger partial charge in [-0.1, -0.05) is 17.8 Å². The number of nitrogens with one attached hydrogen (secondary N) is 1. The first-order valence-corrected chi connectivity index (χ1v) is 8.29. The molecule has 1 atom stereocenters. The molecule has 0 bridgehead atoms. The topological polar surface area (TPSA) is 112 Å². The van der Waals surface area contributed by atoms with Gasteiger partial charge in [-0.15, -0.1) is 16.8 Å². The molecule has 9 heteroatoms. The smallest absolute Gasteiger partial charge is 0.318 e. The number of urea groups is 1. The number of allylic oxidation sites excluding steroid dienone is 1. The van der Waals surface area contributed by atoms with Crippen molar-refractivity contribution in [3.8, 4) is 17.1 Å². The van der Waals surface area contributed by atoms with Crippen molar-refractivity contribution in [3.05, 3.63) is 36.9 Å². The van der Waals surface area contributed by atoms with E-state index in [0.717, 1.165) is 11.3 Å². The summed E-state index contributed by atoms with van der Waals surface area (Å²) in [4.78, 5) is 22.7. The number of hydrogen-bond acceptors (Lipinski definition) is 6. The first kappa shape index (κ1) is 18.5. The molecule has 0 aliphatic carbocycles. The van der Waals surface area contributed by atoms with Gasteiger partial charge in [0.15, 0.2) is 11.0 Å². The third-order valence-corrected chi connectivity index (χ3v) is 4.36. The van der Waals surface area contributed by atoms with Gasteiger partial charge in [0.2, 0.25) is 5.91 Å². The Morgan fingerprint density at radius 2 is 2.08 bits per heavy atom. The van der Waals surface area contributed by atoms with Crippen molar-refractivity contribution in [2.75, 3.05) is 7.11 Å². The number of primary amides is 1. The zero-order valence-corrected chi connectivity index (χ0v) is 14.7. The number of nitrogens with zero attached hydrogens (tertiary/aromatic N) is 3. The van der Waals surface area contributed by atoms with Crippen LogP contribution < -0.4 is 15.8 Å². The van der Waals surface area contributed by atoms with E-state index in [0.29, 0.717) is 17.5 Å². The number of nitrogens with two attached hydrogens (primary N) is 1. The molecule has 2 aromatic rings. The van der Waals surface area contributed by atoms with E-state index in [4.69, 9.17) is 10.5 Å². The molecule has 3 amide bonds. The van der Waals surface area contributed by atoms with Gasteiger partial charge >= 0.3 is 6.03 Å². The van der Waals surface area contributed by atoms with E-state index in [2.05, 4.69) is 22.1 Å². The Labute approximate surface area is 149 Å². The molecule has 8 nitrogen and oxygen atoms in total. The lowest BCUT2D eigenvalue weighted by Gasteiger charge is -2.11. The lowest BCUT2D eigenvalue weighted by Crippen LogP contribution is -2.39. The molecular formula is C16H19N5O3S. The average molecular weight is 361 g/mol. The first-order valence-electron chi connectivity index (χ1n) is 7.41. The summed E-state index contributed by atoms with van der Waals surface area (Å²) in [6, 6.07) is 6.53. The Bertz CT molecular complexity index is 773. The lowest BCUT2D eigenvalue weighted by atomic mass is 10.2. The number of benzene rings is 1. The molecule has 0 aliphatic heterocycles. The Hall–Kier alpha value is -2.81. The number of ether oxygens (including phenoxy) is 1. The van der Waals surface area contributed by atoms with Crippen LogP contribution in [0.4, 0.5) is 4.79 Å². The molecule has 0 radical (unpaired) electrons. The van der Waals surface area contributed by atoms with Crippen LogP contribution >= 0.6 is 11.8 Å². The van der Waals surface area contributed by atoms with Crippen LogP contribution in [0.5, 0.6) is 5.75 Å². The zero-order chi connectivity index (χ0) is 18.4. The highest BCUT2D eigenvalue weighted by Crippen LogP contribution is 2.27. The molecule has 132 valence electrons. The summed E-state index contributed by atoms with van der Waals surface area (Å²) in [5.74, 6) is 0.897. The highest BCUT2D eigenvalue weighted by Gasteiger charge is 2.21. The van der Waals surface area contributed by atoms with Crippen molar-refractivity contribution in [1.82, 2.24) is 20.1 Å². The first-order chi connectivity index (χ1) is 12.0. The van der Waals surface area contributed by atoms with Crippen LogP contribution in [0.2, 0.25) is 0 Å². The molecule has 1 heterocycles. The van der Waals surface area contributed by atoms with Crippen molar-refractivity contribution in [1.29, 1.82) is 0 Å². The van der Waals surface area contributed by atoms with Gasteiger partial charge in [-0.3, -0.25) is 14.7 Å². The van der Waals surface area contributed by atoms with Crippen LogP contribution in [0.3, 0.4) is 0 Å². The van der Waals surface area contributed by atoms with Crippen molar-refractivity contribution in [3.63, 3.8) is 0 Å². The van der Waals surface area contributed by atoms with Crippen molar-refractivity contribution in [2.45, 2.75) is 23.9 Å². The largest absolute Gasteiger partial charge is 0.497 e. The number of thioether (sulfide) groups is 1. The average Bonchev–Trinajstić information content (AvgIpc) is 2.97. The van der Waals surface area contributed by atoms with Gasteiger partial charge in [0.25, 0.3) is 0 Å². The molecule has 3 N–H and O–H groups in total. The van der Waals surface area contributed by atoms with Crippen LogP contribution in [0.25, 0.3) is 11.4 Å². The predicted octanol–water partition coefficient (Wildman–Crippen LogP) is 1.82. The Morgan fingerprint density at radius 3 is 2.64 bits per heavy atom. The number of imide groups is 1. The third kappa shape index (κ3) is 4.60. The fraction of sp³-hybridized carbons (Fsp3) is 0.250. The highest BCUT2D eigenvalue weighted by atomic mass is 32.2. The van der Waals surface area contributed by atoms with Crippen LogP contribution in [0.1, 0.15) is 6.92 Å². The molecule has 0 unspecified atom stereocenters. The fourth-order valence-electron chi connectivity index (χ4n) is 2.06. The summed E-state index contributed by atoms with van der Waals surface area (Å²) in [5, 5.41) is 10.4. The molecule has 1 aromatic carbocycles. The molecule has 25 heavy (non-hydrogen) atoms.